The van der Waals surface area contributed by atoms with Gasteiger partial charge in [0.25, 0.3) is 0 Å². The molecule has 0 aliphatic heterocycles. The van der Waals surface area contributed by atoms with Crippen LogP contribution in [0.25, 0.3) is 66.4 Å². The van der Waals surface area contributed by atoms with E-state index in [0.29, 0.717) is 0 Å². The Balaban J connectivity index is 0.000000172. The van der Waals surface area contributed by atoms with Crippen molar-refractivity contribution in [3.8, 4) is 56.4 Å². The Kier molecular flexibility index (Phi) is 14.5. The quantitative estimate of drug-likeness (QED) is 0.113. The van der Waals surface area contributed by atoms with Crippen LogP contribution >= 0.6 is 17.0 Å². The predicted octanol–water partition coefficient (Wildman–Crippen LogP) is 15.5. The Hall–Kier alpha value is -4.06. The van der Waals surface area contributed by atoms with Crippen LogP contribution in [-0.4, -0.2) is 19.7 Å². The molecule has 8 heteroatoms. The van der Waals surface area contributed by atoms with Crippen molar-refractivity contribution in [3.05, 3.63) is 143 Å². The summed E-state index contributed by atoms with van der Waals surface area (Å²) in [5.74, 6) is 5.59. The fraction of sp³-hybridized carbons (Fsp3) is 0.240. The fourth-order valence-corrected chi connectivity index (χ4v) is 7.20. The summed E-state index contributed by atoms with van der Waals surface area (Å²) in [5.41, 5.74) is 12.1. The molecule has 0 radical (unpaired) electrons. The van der Waals surface area contributed by atoms with E-state index in [4.69, 9.17) is 35.3 Å². The van der Waals surface area contributed by atoms with E-state index in [1.165, 1.54) is 66.1 Å². The Labute approximate surface area is 358 Å². The summed E-state index contributed by atoms with van der Waals surface area (Å²) in [6, 6.07) is 38.7. The van der Waals surface area contributed by atoms with Crippen LogP contribution in [0, 0.1) is 27.7 Å². The molecule has 58 heavy (non-hydrogen) atoms. The molecule has 0 saturated carbocycles. The van der Waals surface area contributed by atoms with Crippen molar-refractivity contribution in [2.24, 2.45) is 0 Å². The van der Waals surface area contributed by atoms with E-state index in [9.17, 15) is 0 Å². The van der Waals surface area contributed by atoms with Crippen molar-refractivity contribution in [1.82, 2.24) is 0 Å². The van der Waals surface area contributed by atoms with Gasteiger partial charge in [-0.25, -0.2) is 0 Å². The van der Waals surface area contributed by atoms with Crippen molar-refractivity contribution in [2.75, 3.05) is 14.2 Å². The number of halogens is 2. The van der Waals surface area contributed by atoms with Gasteiger partial charge in [-0.05, 0) is 110 Å². The van der Waals surface area contributed by atoms with Crippen molar-refractivity contribution < 1.29 is 36.3 Å². The molecule has 0 amide bonds. The number of rotatable bonds is 8. The number of benzene rings is 4. The maximum atomic E-state index is 5.95. The molecule has 0 fully saturated rings. The second-order valence-electron chi connectivity index (χ2n) is 14.8. The monoisotopic (exact) mass is 904 g/mol. The van der Waals surface area contributed by atoms with Crippen LogP contribution in [-0.2, 0) is 30.8 Å². The van der Waals surface area contributed by atoms with Gasteiger partial charge >= 0.3 is 53.5 Å². The normalized spacial score (nSPS) is 10.9. The fourth-order valence-electron chi connectivity index (χ4n) is 7.20. The van der Waals surface area contributed by atoms with E-state index < -0.39 is 18.0 Å². The first-order chi connectivity index (χ1) is 27.8. The molecule has 2 aromatic heterocycles. The minimum atomic E-state index is -1.65. The van der Waals surface area contributed by atoms with Gasteiger partial charge in [-0.3, -0.25) is 0 Å². The second-order valence-corrected chi connectivity index (χ2v) is 37.8. The predicted molar refractivity (Wildman–Crippen MR) is 245 cm³/mol. The molecule has 0 saturated heterocycles. The Bertz CT molecular complexity index is 2490. The third kappa shape index (κ3) is 9.69. The number of fused-ring (bicyclic) bond motifs is 2. The number of furan rings is 2. The molecule has 8 rings (SSSR count). The first kappa shape index (κ1) is 43.5. The first-order valence-electron chi connectivity index (χ1n) is 19.7. The van der Waals surface area contributed by atoms with Crippen LogP contribution in [0.5, 0.6) is 11.5 Å². The molecule has 0 bridgehead atoms. The van der Waals surface area contributed by atoms with Crippen LogP contribution in [0.4, 0.5) is 0 Å². The first-order valence-corrected chi connectivity index (χ1v) is 32.2. The molecule has 300 valence electrons. The summed E-state index contributed by atoms with van der Waals surface area (Å²) in [5, 5.41) is 5.00. The van der Waals surface area contributed by atoms with Gasteiger partial charge in [0.2, 0.25) is 0 Å². The van der Waals surface area contributed by atoms with E-state index in [1.807, 2.05) is 26.0 Å². The van der Waals surface area contributed by atoms with Crippen LogP contribution in [0.3, 0.4) is 0 Å². The number of hydrogen-bond donors (Lipinski definition) is 0. The van der Waals surface area contributed by atoms with Gasteiger partial charge in [-0.2, -0.15) is 0 Å². The van der Waals surface area contributed by atoms with Gasteiger partial charge in [-0.15, -0.1) is 57.9 Å². The molecule has 0 unspecified atom stereocenters. The SMILES string of the molecule is CCc1ccc2[cH-]c(-c3cc(C)c(C)o3)cc2c1-c1cccc(OC)c1.CCc1ccc2[cH-]c(-c3cc(C)c(C)o3)cc2c1-c1cccc(OC)c1.C[Si](C)=[Zr]([Cl])[Cl]. The van der Waals surface area contributed by atoms with E-state index in [2.05, 4.69) is 138 Å². The minimum absolute atomic E-state index is 0.224. The molecule has 0 aliphatic carbocycles. The van der Waals surface area contributed by atoms with Crippen molar-refractivity contribution in [3.63, 3.8) is 0 Å². The van der Waals surface area contributed by atoms with Gasteiger partial charge in [-0.1, -0.05) is 72.5 Å². The van der Waals surface area contributed by atoms with Gasteiger partial charge < -0.3 is 18.3 Å². The molecule has 0 N–H and O–H groups in total. The zero-order valence-electron chi connectivity index (χ0n) is 35.2. The average molecular weight is 907 g/mol. The molecule has 0 aliphatic rings. The van der Waals surface area contributed by atoms with Crippen LogP contribution in [0.1, 0.15) is 47.6 Å². The standard InChI is InChI=1S/2C24H23O2.C2H6Si.2ClH.Zr/c2*1-5-17-9-10-18-12-20(23-11-15(2)16(3)26-23)14-22(18)24(17)19-7-6-8-21(13-19)25-4;1-3-2;;;/h2*6-14H,5H2,1-4H3;1-2H3;2*1H;/q2*-1;;;;+2/p-2. The number of methoxy groups -OCH3 is 2. The van der Waals surface area contributed by atoms with Crippen LogP contribution in [0.2, 0.25) is 13.1 Å². The molecular formula is C50H52Cl2O4SiZr-2. The van der Waals surface area contributed by atoms with E-state index >= 15 is 0 Å². The van der Waals surface area contributed by atoms with Crippen molar-refractivity contribution in [1.29, 1.82) is 0 Å². The van der Waals surface area contributed by atoms with Gasteiger partial charge in [0, 0.05) is 0 Å². The van der Waals surface area contributed by atoms with Gasteiger partial charge in [0.05, 0.1) is 37.3 Å². The molecule has 6 aromatic carbocycles. The molecule has 4 nitrogen and oxygen atoms in total. The van der Waals surface area contributed by atoms with Gasteiger partial charge in [0.1, 0.15) is 11.5 Å². The average Bonchev–Trinajstić information content (AvgIpc) is 4.02. The number of aryl methyl sites for hydroxylation is 6. The summed E-state index contributed by atoms with van der Waals surface area (Å²) in [6.45, 7) is 16.9. The number of hydrogen-bond acceptors (Lipinski definition) is 4. The maximum absolute atomic E-state index is 5.95. The van der Waals surface area contributed by atoms with Crippen molar-refractivity contribution >= 4 is 44.0 Å². The third-order valence-electron chi connectivity index (χ3n) is 10.7. The second kappa shape index (κ2) is 19.3. The summed E-state index contributed by atoms with van der Waals surface area (Å²) in [7, 11) is 14.7. The van der Waals surface area contributed by atoms with Crippen LogP contribution in [0.15, 0.2) is 118 Å². The zero-order valence-corrected chi connectivity index (χ0v) is 40.2. The van der Waals surface area contributed by atoms with Crippen LogP contribution < -0.4 is 9.47 Å². The summed E-state index contributed by atoms with van der Waals surface area (Å²) in [4.78, 5) is 0. The molecular weight excluding hydrogens is 855 g/mol. The molecule has 0 atom stereocenters. The van der Waals surface area contributed by atoms with E-state index in [1.54, 1.807) is 14.2 Å². The molecule has 0 spiro atoms. The molecule has 8 aromatic rings. The molecule has 2 heterocycles. The summed E-state index contributed by atoms with van der Waals surface area (Å²) in [6.07, 6.45) is 1.98. The Morgan fingerprint density at radius 1 is 0.586 bits per heavy atom. The van der Waals surface area contributed by atoms with E-state index in [-0.39, 0.29) is 5.43 Å². The summed E-state index contributed by atoms with van der Waals surface area (Å²) < 4.78 is 22.8. The Morgan fingerprint density at radius 2 is 0.983 bits per heavy atom. The zero-order chi connectivity index (χ0) is 41.7. The topological polar surface area (TPSA) is 44.7 Å². The third-order valence-corrected chi connectivity index (χ3v) is 30.5. The summed E-state index contributed by atoms with van der Waals surface area (Å²) >= 11 is -1.65. The van der Waals surface area contributed by atoms with E-state index in [0.717, 1.165) is 58.5 Å². The Morgan fingerprint density at radius 3 is 1.29 bits per heavy atom. The van der Waals surface area contributed by atoms with Gasteiger partial charge in [0.15, 0.2) is 0 Å². The van der Waals surface area contributed by atoms with Crippen molar-refractivity contribution in [2.45, 2.75) is 67.5 Å². The number of ether oxygens (including phenoxy) is 2.